The molecule has 6 nitrogen and oxygen atoms in total. The molecule has 0 amide bonds. The molecule has 24 heavy (non-hydrogen) atoms. The van der Waals surface area contributed by atoms with Gasteiger partial charge in [-0.25, -0.2) is 17.9 Å². The fraction of sp³-hybridized carbons (Fsp3) is 0.353. The number of carbonyl (C=O) groups excluding carboxylic acids is 1. The maximum absolute atomic E-state index is 12.6. The zero-order valence-electron chi connectivity index (χ0n) is 14.2. The molecule has 0 aliphatic rings. The van der Waals surface area contributed by atoms with Crippen LogP contribution in [-0.4, -0.2) is 25.6 Å². The van der Waals surface area contributed by atoms with Crippen LogP contribution >= 0.6 is 0 Å². The van der Waals surface area contributed by atoms with E-state index in [9.17, 15) is 13.2 Å². The van der Waals surface area contributed by atoms with Gasteiger partial charge in [-0.2, -0.15) is 0 Å². The molecule has 0 fully saturated rings. The largest absolute Gasteiger partial charge is 0.461 e. The van der Waals surface area contributed by atoms with Gasteiger partial charge in [0.25, 0.3) is 0 Å². The van der Waals surface area contributed by atoms with Gasteiger partial charge in [-0.05, 0) is 38.0 Å². The lowest BCUT2D eigenvalue weighted by Gasteiger charge is -2.16. The van der Waals surface area contributed by atoms with E-state index >= 15 is 0 Å². The van der Waals surface area contributed by atoms with Gasteiger partial charge in [-0.1, -0.05) is 24.3 Å². The second-order valence-corrected chi connectivity index (χ2v) is 7.31. The predicted octanol–water partition coefficient (Wildman–Crippen LogP) is 2.55. The Morgan fingerprint density at radius 1 is 1.33 bits per heavy atom. The van der Waals surface area contributed by atoms with Crippen LogP contribution in [0, 0.1) is 6.92 Å². The summed E-state index contributed by atoms with van der Waals surface area (Å²) in [5.74, 6) is -0.548. The van der Waals surface area contributed by atoms with E-state index in [4.69, 9.17) is 4.74 Å². The third kappa shape index (κ3) is 3.85. The zero-order valence-corrected chi connectivity index (χ0v) is 15.1. The first-order valence-corrected chi connectivity index (χ1v) is 9.16. The zero-order chi connectivity index (χ0) is 17.9. The molecule has 0 spiro atoms. The minimum absolute atomic E-state index is 0.0356. The lowest BCUT2D eigenvalue weighted by molar-refractivity contribution is 0.0515. The van der Waals surface area contributed by atoms with Crippen molar-refractivity contribution in [3.05, 3.63) is 53.3 Å². The van der Waals surface area contributed by atoms with Crippen molar-refractivity contribution in [2.75, 3.05) is 6.61 Å². The van der Waals surface area contributed by atoms with Crippen LogP contribution in [0.2, 0.25) is 0 Å². The Balaban J connectivity index is 2.26. The summed E-state index contributed by atoms with van der Waals surface area (Å²) in [6.07, 6.45) is 1.40. The van der Waals surface area contributed by atoms with Crippen LogP contribution in [0.3, 0.4) is 0 Å². The number of esters is 1. The van der Waals surface area contributed by atoms with Crippen LogP contribution < -0.4 is 4.72 Å². The van der Waals surface area contributed by atoms with E-state index in [0.29, 0.717) is 0 Å². The number of rotatable bonds is 6. The van der Waals surface area contributed by atoms with Gasteiger partial charge in [0.05, 0.1) is 6.61 Å². The van der Waals surface area contributed by atoms with Gasteiger partial charge >= 0.3 is 5.97 Å². The first-order valence-electron chi connectivity index (χ1n) is 7.67. The fourth-order valence-corrected chi connectivity index (χ4v) is 3.82. The molecule has 130 valence electrons. The van der Waals surface area contributed by atoms with Gasteiger partial charge in [0.1, 0.15) is 10.6 Å². The highest BCUT2D eigenvalue weighted by Crippen LogP contribution is 2.21. The molecule has 2 rings (SSSR count). The molecule has 0 unspecified atom stereocenters. The van der Waals surface area contributed by atoms with E-state index in [1.807, 2.05) is 31.2 Å². The van der Waals surface area contributed by atoms with Crippen molar-refractivity contribution in [3.8, 4) is 0 Å². The summed E-state index contributed by atoms with van der Waals surface area (Å²) in [5, 5.41) is 0. The van der Waals surface area contributed by atoms with Crippen molar-refractivity contribution in [2.45, 2.75) is 31.7 Å². The topological polar surface area (TPSA) is 77.4 Å². The Labute approximate surface area is 142 Å². The van der Waals surface area contributed by atoms with Crippen LogP contribution in [0.1, 0.15) is 41.5 Å². The second kappa shape index (κ2) is 7.19. The highest BCUT2D eigenvalue weighted by atomic mass is 32.2. The molecular weight excluding hydrogens is 328 g/mol. The van der Waals surface area contributed by atoms with Crippen LogP contribution in [-0.2, 0) is 21.8 Å². The number of aryl methyl sites for hydroxylation is 2. The Hall–Kier alpha value is -2.12. The van der Waals surface area contributed by atoms with Crippen molar-refractivity contribution in [3.63, 3.8) is 0 Å². The molecule has 0 bridgehead atoms. The number of benzene rings is 1. The summed E-state index contributed by atoms with van der Waals surface area (Å²) in [6, 6.07) is 8.53. The van der Waals surface area contributed by atoms with E-state index in [1.165, 1.54) is 16.8 Å². The van der Waals surface area contributed by atoms with Crippen LogP contribution in [0.4, 0.5) is 0 Å². The van der Waals surface area contributed by atoms with E-state index < -0.39 is 16.0 Å². The number of hydrogen-bond donors (Lipinski definition) is 1. The molecule has 2 aromatic rings. The fourth-order valence-electron chi connectivity index (χ4n) is 2.53. The molecule has 1 heterocycles. The Morgan fingerprint density at radius 2 is 2.00 bits per heavy atom. The average molecular weight is 350 g/mol. The molecule has 1 aromatic carbocycles. The van der Waals surface area contributed by atoms with Crippen molar-refractivity contribution < 1.29 is 17.9 Å². The molecule has 0 saturated heterocycles. The normalized spacial score (nSPS) is 12.8. The van der Waals surface area contributed by atoms with Crippen molar-refractivity contribution in [1.29, 1.82) is 0 Å². The van der Waals surface area contributed by atoms with Crippen molar-refractivity contribution in [2.24, 2.45) is 7.05 Å². The Bertz CT molecular complexity index is 840. The number of hydrogen-bond acceptors (Lipinski definition) is 4. The molecule has 0 radical (unpaired) electrons. The molecule has 7 heteroatoms. The van der Waals surface area contributed by atoms with Gasteiger partial charge in [0.2, 0.25) is 10.0 Å². The van der Waals surface area contributed by atoms with Crippen molar-refractivity contribution >= 4 is 16.0 Å². The van der Waals surface area contributed by atoms with Crippen molar-refractivity contribution in [1.82, 2.24) is 9.29 Å². The Kier molecular flexibility index (Phi) is 5.46. The van der Waals surface area contributed by atoms with E-state index in [0.717, 1.165) is 11.1 Å². The number of sulfonamides is 1. The summed E-state index contributed by atoms with van der Waals surface area (Å²) in [5.41, 5.74) is 2.11. The summed E-state index contributed by atoms with van der Waals surface area (Å²) < 4.78 is 34.2. The molecule has 0 saturated carbocycles. The number of aromatic nitrogens is 1. The second-order valence-electron chi connectivity index (χ2n) is 5.59. The maximum Gasteiger partial charge on any atom is 0.354 e. The molecule has 0 aliphatic carbocycles. The van der Waals surface area contributed by atoms with E-state index in [1.54, 1.807) is 20.9 Å². The summed E-state index contributed by atoms with van der Waals surface area (Å²) >= 11 is 0. The van der Waals surface area contributed by atoms with Gasteiger partial charge in [0.15, 0.2) is 0 Å². The van der Waals surface area contributed by atoms with Gasteiger partial charge in [-0.15, -0.1) is 0 Å². The van der Waals surface area contributed by atoms with Gasteiger partial charge in [-0.3, -0.25) is 0 Å². The van der Waals surface area contributed by atoms with E-state index in [2.05, 4.69) is 4.72 Å². The monoisotopic (exact) mass is 350 g/mol. The average Bonchev–Trinajstić information content (AvgIpc) is 2.90. The molecule has 1 N–H and O–H groups in total. The first-order chi connectivity index (χ1) is 11.3. The quantitative estimate of drug-likeness (QED) is 0.812. The minimum Gasteiger partial charge on any atom is -0.461 e. The van der Waals surface area contributed by atoms with Gasteiger partial charge in [0, 0.05) is 19.3 Å². The number of carbonyl (C=O) groups is 1. The third-order valence-electron chi connectivity index (χ3n) is 3.76. The van der Waals surface area contributed by atoms with Crippen LogP contribution in [0.15, 0.2) is 41.4 Å². The lowest BCUT2D eigenvalue weighted by atomic mass is 10.0. The Morgan fingerprint density at radius 3 is 2.62 bits per heavy atom. The molecule has 1 aromatic heterocycles. The highest BCUT2D eigenvalue weighted by molar-refractivity contribution is 7.89. The van der Waals surface area contributed by atoms with Gasteiger partial charge < -0.3 is 9.30 Å². The summed E-state index contributed by atoms with van der Waals surface area (Å²) in [6.45, 7) is 5.65. The smallest absolute Gasteiger partial charge is 0.354 e. The molecule has 1 atom stereocenters. The number of nitrogens with one attached hydrogen (secondary N) is 1. The summed E-state index contributed by atoms with van der Waals surface area (Å²) in [7, 11) is -2.15. The third-order valence-corrected chi connectivity index (χ3v) is 5.27. The first kappa shape index (κ1) is 18.2. The SMILES string of the molecule is CCOC(=O)c1cc(S(=O)(=O)N[C@H](C)c2ccccc2C)cn1C. The van der Waals surface area contributed by atoms with Crippen LogP contribution in [0.5, 0.6) is 0 Å². The number of ether oxygens (including phenoxy) is 1. The molecule has 0 aliphatic heterocycles. The molecular formula is C17H22N2O4S. The standard InChI is InChI=1S/C17H22N2O4S/c1-5-23-17(20)16-10-14(11-19(16)4)24(21,22)18-13(3)15-9-7-6-8-12(15)2/h6-11,13,18H,5H2,1-4H3/t13-/m1/s1. The predicted molar refractivity (Wildman–Crippen MR) is 91.3 cm³/mol. The summed E-state index contributed by atoms with van der Waals surface area (Å²) in [4.78, 5) is 11.9. The van der Waals surface area contributed by atoms with Crippen LogP contribution in [0.25, 0.3) is 0 Å². The lowest BCUT2D eigenvalue weighted by Crippen LogP contribution is -2.27. The maximum atomic E-state index is 12.6. The number of nitrogens with zero attached hydrogens (tertiary/aromatic N) is 1. The highest BCUT2D eigenvalue weighted by Gasteiger charge is 2.23. The minimum atomic E-state index is -3.75. The van der Waals surface area contributed by atoms with E-state index in [-0.39, 0.29) is 23.2 Å².